The first-order chi connectivity index (χ1) is 8.69. The first-order valence-corrected chi connectivity index (χ1v) is 7.22. The van der Waals surface area contributed by atoms with E-state index in [1.165, 1.54) is 5.56 Å². The van der Waals surface area contributed by atoms with E-state index in [2.05, 4.69) is 16.8 Å². The number of benzene rings is 1. The molecule has 1 heterocycles. The highest BCUT2D eigenvalue weighted by molar-refractivity contribution is 7.07. The molecule has 3 rings (SSSR count). The molecule has 1 aromatic heterocycles. The molecule has 2 unspecified atom stereocenters. The van der Waals surface area contributed by atoms with E-state index in [0.717, 1.165) is 24.0 Å². The van der Waals surface area contributed by atoms with E-state index in [1.54, 1.807) is 11.3 Å². The van der Waals surface area contributed by atoms with Crippen LogP contribution in [-0.2, 0) is 12.0 Å². The molecule has 0 saturated heterocycles. The van der Waals surface area contributed by atoms with Crippen LogP contribution in [0.2, 0.25) is 0 Å². The van der Waals surface area contributed by atoms with Crippen molar-refractivity contribution in [3.8, 4) is 0 Å². The Morgan fingerprint density at radius 3 is 2.94 bits per heavy atom. The topological polar surface area (TPSA) is 46.2 Å². The molecule has 2 aromatic rings. The number of thiophene rings is 1. The van der Waals surface area contributed by atoms with Gasteiger partial charge in [-0.15, -0.1) is 0 Å². The zero-order chi connectivity index (χ0) is 12.6. The number of hydrogen-bond acceptors (Lipinski definition) is 3. The van der Waals surface area contributed by atoms with Crippen LogP contribution in [0.15, 0.2) is 41.1 Å². The van der Waals surface area contributed by atoms with Gasteiger partial charge in [-0.25, -0.2) is 0 Å². The Balaban J connectivity index is 1.83. The van der Waals surface area contributed by atoms with Crippen LogP contribution in [0.1, 0.15) is 35.6 Å². The summed E-state index contributed by atoms with van der Waals surface area (Å²) in [5.41, 5.74) is 8.78. The zero-order valence-corrected chi connectivity index (χ0v) is 11.0. The van der Waals surface area contributed by atoms with E-state index in [-0.39, 0.29) is 6.04 Å². The van der Waals surface area contributed by atoms with E-state index in [9.17, 15) is 5.11 Å². The number of rotatable bonds is 3. The first kappa shape index (κ1) is 11.9. The van der Waals surface area contributed by atoms with Gasteiger partial charge in [-0.3, -0.25) is 0 Å². The van der Waals surface area contributed by atoms with Crippen molar-refractivity contribution in [3.05, 3.63) is 57.8 Å². The number of fused-ring (bicyclic) bond motifs is 1. The lowest BCUT2D eigenvalue weighted by molar-refractivity contribution is 0.0251. The van der Waals surface area contributed by atoms with Crippen LogP contribution >= 0.6 is 11.3 Å². The molecule has 1 aromatic carbocycles. The molecule has 0 spiro atoms. The van der Waals surface area contributed by atoms with Crippen molar-refractivity contribution >= 4 is 11.3 Å². The van der Waals surface area contributed by atoms with Crippen molar-refractivity contribution in [3.63, 3.8) is 0 Å². The second-order valence-corrected chi connectivity index (χ2v) is 5.84. The van der Waals surface area contributed by atoms with Crippen LogP contribution in [0.5, 0.6) is 0 Å². The molecule has 1 aliphatic rings. The summed E-state index contributed by atoms with van der Waals surface area (Å²) < 4.78 is 0. The molecule has 3 heteroatoms. The van der Waals surface area contributed by atoms with Crippen LogP contribution < -0.4 is 5.73 Å². The Morgan fingerprint density at radius 2 is 2.17 bits per heavy atom. The fourth-order valence-electron chi connectivity index (χ4n) is 2.85. The van der Waals surface area contributed by atoms with Crippen LogP contribution in [0, 0.1) is 0 Å². The maximum absolute atomic E-state index is 10.8. The van der Waals surface area contributed by atoms with Gasteiger partial charge >= 0.3 is 0 Å². The predicted molar refractivity (Wildman–Crippen MR) is 74.5 cm³/mol. The van der Waals surface area contributed by atoms with Crippen LogP contribution in [0.3, 0.4) is 0 Å². The van der Waals surface area contributed by atoms with Crippen LogP contribution in [0.4, 0.5) is 0 Å². The third-order valence-electron chi connectivity index (χ3n) is 3.83. The Labute approximate surface area is 111 Å². The van der Waals surface area contributed by atoms with E-state index < -0.39 is 5.60 Å². The Bertz CT molecular complexity index is 537. The number of hydrogen-bond donors (Lipinski definition) is 2. The second-order valence-electron chi connectivity index (χ2n) is 5.06. The molecule has 0 fully saturated rings. The molecule has 1 aliphatic carbocycles. The lowest BCUT2D eigenvalue weighted by Crippen LogP contribution is -2.24. The van der Waals surface area contributed by atoms with E-state index >= 15 is 0 Å². The largest absolute Gasteiger partial charge is 0.385 e. The third-order valence-corrected chi connectivity index (χ3v) is 4.56. The molecule has 0 radical (unpaired) electrons. The minimum absolute atomic E-state index is 0.0336. The lowest BCUT2D eigenvalue weighted by Gasteiger charge is -2.24. The standard InChI is InChI=1S/C15H17NOS/c16-14-9-15(17,7-5-11-6-8-18-10-11)13-4-2-1-3-12(13)14/h1-4,6,8,10,14,17H,5,7,9,16H2. The molecule has 0 amide bonds. The van der Waals surface area contributed by atoms with E-state index in [0.29, 0.717) is 6.42 Å². The molecule has 0 aliphatic heterocycles. The summed E-state index contributed by atoms with van der Waals surface area (Å²) in [4.78, 5) is 0. The average Bonchev–Trinajstić information content (AvgIpc) is 2.97. The highest BCUT2D eigenvalue weighted by Crippen LogP contribution is 2.44. The van der Waals surface area contributed by atoms with Gasteiger partial charge in [-0.05, 0) is 52.8 Å². The van der Waals surface area contributed by atoms with Gasteiger partial charge in [0.2, 0.25) is 0 Å². The minimum atomic E-state index is -0.752. The van der Waals surface area contributed by atoms with E-state index in [4.69, 9.17) is 5.73 Å². The summed E-state index contributed by atoms with van der Waals surface area (Å²) in [5, 5.41) is 15.1. The molecule has 0 bridgehead atoms. The van der Waals surface area contributed by atoms with Gasteiger partial charge in [-0.2, -0.15) is 11.3 Å². The van der Waals surface area contributed by atoms with Gasteiger partial charge in [0.1, 0.15) is 0 Å². The minimum Gasteiger partial charge on any atom is -0.385 e. The molecular formula is C15H17NOS. The normalized spacial score (nSPS) is 26.2. The van der Waals surface area contributed by atoms with Gasteiger partial charge in [0, 0.05) is 6.04 Å². The second kappa shape index (κ2) is 4.50. The highest BCUT2D eigenvalue weighted by atomic mass is 32.1. The molecule has 2 atom stereocenters. The van der Waals surface area contributed by atoms with Gasteiger partial charge in [0.05, 0.1) is 5.60 Å². The summed E-state index contributed by atoms with van der Waals surface area (Å²) in [6.45, 7) is 0. The van der Waals surface area contributed by atoms with Crippen LogP contribution in [0.25, 0.3) is 0 Å². The van der Waals surface area contributed by atoms with Crippen molar-refractivity contribution < 1.29 is 5.11 Å². The fourth-order valence-corrected chi connectivity index (χ4v) is 3.55. The fraction of sp³-hybridized carbons (Fsp3) is 0.333. The van der Waals surface area contributed by atoms with Crippen molar-refractivity contribution in [2.45, 2.75) is 30.9 Å². The summed E-state index contributed by atoms with van der Waals surface area (Å²) in [6, 6.07) is 10.1. The summed E-state index contributed by atoms with van der Waals surface area (Å²) in [5.74, 6) is 0. The summed E-state index contributed by atoms with van der Waals surface area (Å²) in [7, 11) is 0. The Hall–Kier alpha value is -1.16. The molecule has 2 nitrogen and oxygen atoms in total. The van der Waals surface area contributed by atoms with Crippen LogP contribution in [-0.4, -0.2) is 5.11 Å². The Morgan fingerprint density at radius 1 is 1.33 bits per heavy atom. The summed E-state index contributed by atoms with van der Waals surface area (Å²) >= 11 is 1.70. The maximum atomic E-state index is 10.8. The smallest absolute Gasteiger partial charge is 0.0921 e. The van der Waals surface area contributed by atoms with Crippen molar-refractivity contribution in [1.82, 2.24) is 0 Å². The van der Waals surface area contributed by atoms with Crippen molar-refractivity contribution in [2.75, 3.05) is 0 Å². The average molecular weight is 259 g/mol. The van der Waals surface area contributed by atoms with Crippen molar-refractivity contribution in [2.24, 2.45) is 5.73 Å². The van der Waals surface area contributed by atoms with Gasteiger partial charge in [-0.1, -0.05) is 24.3 Å². The first-order valence-electron chi connectivity index (χ1n) is 6.27. The zero-order valence-electron chi connectivity index (χ0n) is 10.2. The molecule has 3 N–H and O–H groups in total. The highest BCUT2D eigenvalue weighted by Gasteiger charge is 2.40. The number of aliphatic hydroxyl groups is 1. The maximum Gasteiger partial charge on any atom is 0.0921 e. The lowest BCUT2D eigenvalue weighted by atomic mass is 9.89. The molecular weight excluding hydrogens is 242 g/mol. The monoisotopic (exact) mass is 259 g/mol. The predicted octanol–water partition coefficient (Wildman–Crippen LogP) is 2.97. The Kier molecular flexibility index (Phi) is 2.98. The van der Waals surface area contributed by atoms with E-state index in [1.807, 2.05) is 24.3 Å². The van der Waals surface area contributed by atoms with Gasteiger partial charge < -0.3 is 10.8 Å². The third kappa shape index (κ3) is 1.99. The van der Waals surface area contributed by atoms with Gasteiger partial charge in [0.15, 0.2) is 0 Å². The van der Waals surface area contributed by atoms with Gasteiger partial charge in [0.25, 0.3) is 0 Å². The summed E-state index contributed by atoms with van der Waals surface area (Å²) in [6.07, 6.45) is 2.28. The number of aryl methyl sites for hydroxylation is 1. The molecule has 18 heavy (non-hydrogen) atoms. The SMILES string of the molecule is NC1CC(O)(CCc2ccsc2)c2ccccc21. The van der Waals surface area contributed by atoms with Crippen molar-refractivity contribution in [1.29, 1.82) is 0 Å². The number of nitrogens with two attached hydrogens (primary N) is 1. The molecule has 0 saturated carbocycles. The quantitative estimate of drug-likeness (QED) is 0.890. The molecule has 94 valence electrons.